The number of carbonyl (C=O) groups is 1. The van der Waals surface area contributed by atoms with E-state index in [1.165, 1.54) is 24.3 Å². The molecule has 0 aromatic heterocycles. The Bertz CT molecular complexity index is 789. The Morgan fingerprint density at radius 2 is 1.53 bits per heavy atom. The van der Waals surface area contributed by atoms with Crippen LogP contribution >= 0.6 is 0 Å². The summed E-state index contributed by atoms with van der Waals surface area (Å²) in [5.74, 6) is -2.97. The van der Waals surface area contributed by atoms with E-state index in [1.807, 2.05) is 41.5 Å². The van der Waals surface area contributed by atoms with Crippen LogP contribution in [0, 0.1) is 0 Å². The zero-order valence-electron chi connectivity index (χ0n) is 18.3. The molecule has 30 heavy (non-hydrogen) atoms. The summed E-state index contributed by atoms with van der Waals surface area (Å²) in [5.41, 5.74) is 0.258. The normalized spacial score (nSPS) is 14.0. The highest BCUT2D eigenvalue weighted by Crippen LogP contribution is 2.43. The molecule has 0 heterocycles. The molecule has 1 atom stereocenters. The standard InChI is InChI=1S/C20H32F2O6SSi/c1-13(2)30(14(3)4,15(5)6)28-18(19(23)24)12-29(25,26)11-16-9-7-8-10-17(16)27-20(21)22/h7-10,13-15,18,20H,11-12H2,1-6H3,(H,23,24)/t18-/m0/s1. The van der Waals surface area contributed by atoms with Crippen molar-refractivity contribution in [3.05, 3.63) is 29.8 Å². The van der Waals surface area contributed by atoms with Gasteiger partial charge in [-0.15, -0.1) is 0 Å². The molecular weight excluding hydrogens is 434 g/mol. The molecule has 0 aliphatic heterocycles. The van der Waals surface area contributed by atoms with E-state index >= 15 is 0 Å². The van der Waals surface area contributed by atoms with Gasteiger partial charge in [-0.05, 0) is 22.7 Å². The van der Waals surface area contributed by atoms with Gasteiger partial charge in [0.05, 0.1) is 11.5 Å². The summed E-state index contributed by atoms with van der Waals surface area (Å²) in [6.07, 6.45) is -1.53. The third-order valence-corrected chi connectivity index (χ3v) is 13.0. The van der Waals surface area contributed by atoms with E-state index in [9.17, 15) is 27.1 Å². The van der Waals surface area contributed by atoms with Crippen molar-refractivity contribution < 1.29 is 36.3 Å². The van der Waals surface area contributed by atoms with Crippen LogP contribution in [0.5, 0.6) is 5.75 Å². The summed E-state index contributed by atoms with van der Waals surface area (Å²) < 4.78 is 61.3. The van der Waals surface area contributed by atoms with Crippen LogP contribution < -0.4 is 4.74 Å². The van der Waals surface area contributed by atoms with Gasteiger partial charge in [-0.25, -0.2) is 13.2 Å². The Morgan fingerprint density at radius 3 is 1.97 bits per heavy atom. The number of carboxylic acid groups (broad SMARTS) is 1. The SMILES string of the molecule is CC(C)[Si](O[C@@H](CS(=O)(=O)Cc1ccccc1OC(F)F)C(=O)O)(C(C)C)C(C)C. The number of ether oxygens (including phenoxy) is 1. The maximum atomic E-state index is 12.8. The van der Waals surface area contributed by atoms with Crippen LogP contribution in [-0.4, -0.2) is 46.3 Å². The van der Waals surface area contributed by atoms with Gasteiger partial charge in [-0.2, -0.15) is 8.78 Å². The van der Waals surface area contributed by atoms with Gasteiger partial charge in [0, 0.05) is 5.56 Å². The first-order valence-corrected chi connectivity index (χ1v) is 13.8. The number of aliphatic carboxylic acids is 1. The molecule has 1 N–H and O–H groups in total. The average molecular weight is 467 g/mol. The first-order valence-electron chi connectivity index (χ1n) is 9.86. The van der Waals surface area contributed by atoms with Gasteiger partial charge in [0.1, 0.15) is 5.75 Å². The van der Waals surface area contributed by atoms with Crippen LogP contribution in [0.25, 0.3) is 0 Å². The highest BCUT2D eigenvalue weighted by atomic mass is 32.2. The van der Waals surface area contributed by atoms with Crippen LogP contribution in [0.2, 0.25) is 16.6 Å². The summed E-state index contributed by atoms with van der Waals surface area (Å²) in [5, 5.41) is 9.69. The molecule has 0 unspecified atom stereocenters. The fourth-order valence-electron chi connectivity index (χ4n) is 4.17. The fraction of sp³-hybridized carbons (Fsp3) is 0.650. The van der Waals surface area contributed by atoms with Gasteiger partial charge in [0.15, 0.2) is 15.9 Å². The minimum atomic E-state index is -4.00. The molecule has 1 rings (SSSR count). The van der Waals surface area contributed by atoms with Crippen LogP contribution in [0.4, 0.5) is 8.78 Å². The Balaban J connectivity index is 3.18. The van der Waals surface area contributed by atoms with Crippen molar-refractivity contribution in [3.8, 4) is 5.75 Å². The highest BCUT2D eigenvalue weighted by molar-refractivity contribution is 7.90. The van der Waals surface area contributed by atoms with Crippen LogP contribution in [0.15, 0.2) is 24.3 Å². The molecule has 0 aliphatic rings. The first-order chi connectivity index (χ1) is 13.7. The lowest BCUT2D eigenvalue weighted by Gasteiger charge is -2.43. The second-order valence-corrected chi connectivity index (χ2v) is 15.8. The third kappa shape index (κ3) is 6.74. The van der Waals surface area contributed by atoms with E-state index in [0.29, 0.717) is 0 Å². The van der Waals surface area contributed by atoms with Gasteiger partial charge < -0.3 is 14.3 Å². The number of rotatable bonds is 12. The Kier molecular flexibility index (Phi) is 9.43. The Morgan fingerprint density at radius 1 is 1.03 bits per heavy atom. The molecule has 1 aromatic carbocycles. The molecule has 0 fully saturated rings. The molecule has 0 saturated carbocycles. The molecule has 6 nitrogen and oxygen atoms in total. The zero-order valence-corrected chi connectivity index (χ0v) is 20.1. The van der Waals surface area contributed by atoms with Crippen molar-refractivity contribution in [3.63, 3.8) is 0 Å². The van der Waals surface area contributed by atoms with E-state index in [4.69, 9.17) is 4.43 Å². The minimum Gasteiger partial charge on any atom is -0.479 e. The predicted molar refractivity (Wildman–Crippen MR) is 114 cm³/mol. The smallest absolute Gasteiger partial charge is 0.387 e. The lowest BCUT2D eigenvalue weighted by molar-refractivity contribution is -0.144. The second kappa shape index (κ2) is 10.7. The van der Waals surface area contributed by atoms with Crippen molar-refractivity contribution in [2.75, 3.05) is 5.75 Å². The number of sulfone groups is 1. The topological polar surface area (TPSA) is 89.9 Å². The average Bonchev–Trinajstić information content (AvgIpc) is 2.58. The number of alkyl halides is 2. The summed E-state index contributed by atoms with van der Waals surface area (Å²) in [6.45, 7) is 8.72. The fourth-order valence-corrected chi connectivity index (χ4v) is 11.3. The molecule has 0 radical (unpaired) electrons. The highest BCUT2D eigenvalue weighted by Gasteiger charge is 2.48. The number of para-hydroxylation sites is 1. The molecule has 172 valence electrons. The van der Waals surface area contributed by atoms with E-state index in [2.05, 4.69) is 4.74 Å². The van der Waals surface area contributed by atoms with Gasteiger partial charge in [-0.3, -0.25) is 0 Å². The number of hydrogen-bond acceptors (Lipinski definition) is 5. The van der Waals surface area contributed by atoms with Crippen LogP contribution in [-0.2, 0) is 24.8 Å². The van der Waals surface area contributed by atoms with Crippen LogP contribution in [0.3, 0.4) is 0 Å². The Labute approximate surface area is 178 Å². The van der Waals surface area contributed by atoms with E-state index in [0.717, 1.165) is 0 Å². The van der Waals surface area contributed by atoms with E-state index in [1.54, 1.807) is 0 Å². The van der Waals surface area contributed by atoms with Crippen molar-refractivity contribution in [1.82, 2.24) is 0 Å². The third-order valence-electron chi connectivity index (χ3n) is 5.30. The van der Waals surface area contributed by atoms with Crippen molar-refractivity contribution in [2.24, 2.45) is 0 Å². The van der Waals surface area contributed by atoms with Gasteiger partial charge in [0.25, 0.3) is 0 Å². The molecule has 1 aromatic rings. The van der Waals surface area contributed by atoms with Crippen molar-refractivity contribution in [1.29, 1.82) is 0 Å². The molecule has 0 amide bonds. The lowest BCUT2D eigenvalue weighted by Crippen LogP contribution is -2.53. The minimum absolute atomic E-state index is 0.0435. The summed E-state index contributed by atoms with van der Waals surface area (Å²) >= 11 is 0. The summed E-state index contributed by atoms with van der Waals surface area (Å²) in [7, 11) is -6.64. The monoisotopic (exact) mass is 466 g/mol. The second-order valence-electron chi connectivity index (χ2n) is 8.30. The molecular formula is C20H32F2O6SSi. The van der Waals surface area contributed by atoms with E-state index in [-0.39, 0.29) is 27.9 Å². The maximum absolute atomic E-state index is 12.8. The summed E-state index contributed by atoms with van der Waals surface area (Å²) in [4.78, 5) is 11.9. The molecule has 0 aliphatic carbocycles. The zero-order chi connectivity index (χ0) is 23.3. The molecule has 0 spiro atoms. The van der Waals surface area contributed by atoms with Crippen LogP contribution in [0.1, 0.15) is 47.1 Å². The van der Waals surface area contributed by atoms with Gasteiger partial charge >= 0.3 is 12.6 Å². The maximum Gasteiger partial charge on any atom is 0.387 e. The number of carboxylic acids is 1. The molecule has 0 saturated heterocycles. The number of benzene rings is 1. The predicted octanol–water partition coefficient (Wildman–Crippen LogP) is 4.85. The van der Waals surface area contributed by atoms with Gasteiger partial charge in [-0.1, -0.05) is 59.7 Å². The quantitative estimate of drug-likeness (QED) is 0.443. The number of hydrogen-bond donors (Lipinski definition) is 1. The summed E-state index contributed by atoms with van der Waals surface area (Å²) in [6, 6.07) is 5.56. The Hall–Kier alpha value is -1.52. The largest absolute Gasteiger partial charge is 0.479 e. The molecule has 10 heteroatoms. The lowest BCUT2D eigenvalue weighted by atomic mass is 10.2. The van der Waals surface area contributed by atoms with Crippen molar-refractivity contribution >= 4 is 24.1 Å². The number of halogens is 2. The van der Waals surface area contributed by atoms with Gasteiger partial charge in [0.2, 0.25) is 8.32 Å². The van der Waals surface area contributed by atoms with E-state index < -0.39 is 48.3 Å². The first kappa shape index (κ1) is 26.5. The molecule has 0 bridgehead atoms. The van der Waals surface area contributed by atoms with Crippen molar-refractivity contribution in [2.45, 2.75) is 76.6 Å².